The number of rotatable bonds is 3. The molecule has 1 unspecified atom stereocenters. The minimum atomic E-state index is -5.65. The molecule has 1 aromatic rings. The second-order valence-electron chi connectivity index (χ2n) is 3.60. The molecular weight excluding hydrogens is 280 g/mol. The fourth-order valence-electron chi connectivity index (χ4n) is 1.50. The summed E-state index contributed by atoms with van der Waals surface area (Å²) in [4.78, 5) is 3.32. The lowest BCUT2D eigenvalue weighted by atomic mass is 9.97. The summed E-state index contributed by atoms with van der Waals surface area (Å²) in [5, 5.41) is 9.38. The summed E-state index contributed by atoms with van der Waals surface area (Å²) < 4.78 is 79.2. The molecule has 0 spiro atoms. The maximum absolute atomic E-state index is 12.4. The third-order valence-corrected chi connectivity index (χ3v) is 2.32. The van der Waals surface area contributed by atoms with Crippen LogP contribution in [0.25, 0.3) is 0 Å². The maximum atomic E-state index is 12.4. The maximum Gasteiger partial charge on any atom is 0.403 e. The summed E-state index contributed by atoms with van der Waals surface area (Å²) >= 11 is 0. The minimum absolute atomic E-state index is 0.353. The molecule has 0 aliphatic carbocycles. The molecular formula is C10H9F6NO2. The number of nitrogens with zero attached hydrogens (tertiary/aromatic N) is 1. The molecule has 1 N–H and O–H groups in total. The van der Waals surface area contributed by atoms with Crippen molar-refractivity contribution in [2.45, 2.75) is 18.5 Å². The SMILES string of the molecule is COc1cccnc1C(O)C(C(F)(F)F)C(F)(F)F. The fraction of sp³-hybridized carbons (Fsp3) is 0.500. The summed E-state index contributed by atoms with van der Waals surface area (Å²) in [5.74, 6) is -4.28. The first-order chi connectivity index (χ1) is 8.59. The molecule has 0 fully saturated rings. The second kappa shape index (κ2) is 5.24. The van der Waals surface area contributed by atoms with Crippen molar-refractivity contribution < 1.29 is 36.2 Å². The molecule has 0 aliphatic rings. The quantitative estimate of drug-likeness (QED) is 0.870. The van der Waals surface area contributed by atoms with E-state index in [1.807, 2.05) is 0 Å². The lowest BCUT2D eigenvalue weighted by Crippen LogP contribution is -2.41. The highest BCUT2D eigenvalue weighted by Crippen LogP contribution is 2.47. The van der Waals surface area contributed by atoms with E-state index in [4.69, 9.17) is 0 Å². The van der Waals surface area contributed by atoms with Gasteiger partial charge in [0.2, 0.25) is 0 Å². The van der Waals surface area contributed by atoms with Crippen LogP contribution in [0.2, 0.25) is 0 Å². The highest BCUT2D eigenvalue weighted by atomic mass is 19.4. The molecule has 0 radical (unpaired) electrons. The van der Waals surface area contributed by atoms with Crippen molar-refractivity contribution >= 4 is 0 Å². The van der Waals surface area contributed by atoms with Crippen molar-refractivity contribution in [1.82, 2.24) is 4.98 Å². The average molecular weight is 289 g/mol. The largest absolute Gasteiger partial charge is 0.495 e. The van der Waals surface area contributed by atoms with Crippen molar-refractivity contribution in [3.63, 3.8) is 0 Å². The van der Waals surface area contributed by atoms with Crippen LogP contribution in [0.15, 0.2) is 18.3 Å². The van der Waals surface area contributed by atoms with E-state index in [9.17, 15) is 31.4 Å². The second-order valence-corrected chi connectivity index (χ2v) is 3.60. The van der Waals surface area contributed by atoms with E-state index in [1.165, 1.54) is 6.07 Å². The van der Waals surface area contributed by atoms with E-state index in [-0.39, 0.29) is 5.75 Å². The fourth-order valence-corrected chi connectivity index (χ4v) is 1.50. The van der Waals surface area contributed by atoms with Crippen LogP contribution in [0.5, 0.6) is 5.75 Å². The van der Waals surface area contributed by atoms with E-state index in [0.29, 0.717) is 0 Å². The Morgan fingerprint density at radius 2 is 1.68 bits per heavy atom. The summed E-state index contributed by atoms with van der Waals surface area (Å²) in [7, 11) is 1.05. The smallest absolute Gasteiger partial charge is 0.403 e. The zero-order valence-electron chi connectivity index (χ0n) is 9.46. The Kier molecular flexibility index (Phi) is 4.28. The number of hydrogen-bond acceptors (Lipinski definition) is 3. The van der Waals surface area contributed by atoms with Gasteiger partial charge in [0.05, 0.1) is 7.11 Å². The number of pyridine rings is 1. The van der Waals surface area contributed by atoms with Crippen molar-refractivity contribution in [2.24, 2.45) is 5.92 Å². The van der Waals surface area contributed by atoms with Gasteiger partial charge >= 0.3 is 12.4 Å². The molecule has 3 nitrogen and oxygen atoms in total. The third-order valence-electron chi connectivity index (χ3n) is 2.32. The first-order valence-corrected chi connectivity index (χ1v) is 4.89. The Morgan fingerprint density at radius 1 is 1.16 bits per heavy atom. The van der Waals surface area contributed by atoms with Gasteiger partial charge in [0.25, 0.3) is 0 Å². The van der Waals surface area contributed by atoms with Crippen LogP contribution in [-0.2, 0) is 0 Å². The van der Waals surface area contributed by atoms with Gasteiger partial charge in [-0.05, 0) is 12.1 Å². The first kappa shape index (κ1) is 15.5. The zero-order valence-corrected chi connectivity index (χ0v) is 9.46. The molecule has 108 valence electrons. The lowest BCUT2D eigenvalue weighted by molar-refractivity contribution is -0.308. The van der Waals surface area contributed by atoms with Crippen molar-refractivity contribution in [3.05, 3.63) is 24.0 Å². The highest BCUT2D eigenvalue weighted by molar-refractivity contribution is 5.29. The molecule has 1 aromatic heterocycles. The van der Waals surface area contributed by atoms with E-state index < -0.39 is 30.1 Å². The van der Waals surface area contributed by atoms with Crippen LogP contribution >= 0.6 is 0 Å². The highest BCUT2D eigenvalue weighted by Gasteiger charge is 2.61. The Balaban J connectivity index is 3.24. The molecule has 0 bridgehead atoms. The van der Waals surface area contributed by atoms with Crippen LogP contribution in [0.3, 0.4) is 0 Å². The first-order valence-electron chi connectivity index (χ1n) is 4.89. The number of alkyl halides is 6. The number of aromatic nitrogens is 1. The molecule has 0 saturated carbocycles. The van der Waals surface area contributed by atoms with Crippen molar-refractivity contribution in [1.29, 1.82) is 0 Å². The van der Waals surface area contributed by atoms with E-state index >= 15 is 0 Å². The number of halogens is 6. The lowest BCUT2D eigenvalue weighted by Gasteiger charge is -2.27. The summed E-state index contributed by atoms with van der Waals surface area (Å²) in [6, 6.07) is 2.36. The molecule has 1 atom stereocenters. The van der Waals surface area contributed by atoms with E-state index in [2.05, 4.69) is 9.72 Å². The summed E-state index contributed by atoms with van der Waals surface area (Å²) in [6.45, 7) is 0. The monoisotopic (exact) mass is 289 g/mol. The number of methoxy groups -OCH3 is 1. The number of aliphatic hydroxyl groups is 1. The van der Waals surface area contributed by atoms with Crippen LogP contribution in [0.1, 0.15) is 11.8 Å². The summed E-state index contributed by atoms with van der Waals surface area (Å²) in [5.41, 5.74) is -0.815. The molecule has 19 heavy (non-hydrogen) atoms. The molecule has 0 aromatic carbocycles. The van der Waals surface area contributed by atoms with Gasteiger partial charge in [-0.15, -0.1) is 0 Å². The van der Waals surface area contributed by atoms with Gasteiger partial charge in [-0.25, -0.2) is 0 Å². The van der Waals surface area contributed by atoms with Gasteiger partial charge in [-0.2, -0.15) is 26.3 Å². The molecule has 0 aliphatic heterocycles. The molecule has 9 heteroatoms. The Labute approximate surface area is 103 Å². The summed E-state index contributed by atoms with van der Waals surface area (Å²) in [6.07, 6.45) is -13.2. The van der Waals surface area contributed by atoms with Gasteiger partial charge in [0.1, 0.15) is 17.5 Å². The van der Waals surface area contributed by atoms with Gasteiger partial charge in [0, 0.05) is 6.20 Å². The number of hydrogen-bond donors (Lipinski definition) is 1. The van der Waals surface area contributed by atoms with E-state index in [0.717, 1.165) is 19.4 Å². The normalized spacial score (nSPS) is 14.6. The predicted molar refractivity (Wildman–Crippen MR) is 51.3 cm³/mol. The van der Waals surface area contributed by atoms with E-state index in [1.54, 1.807) is 0 Å². The number of aliphatic hydroxyl groups excluding tert-OH is 1. The minimum Gasteiger partial charge on any atom is -0.495 e. The third kappa shape index (κ3) is 3.49. The predicted octanol–water partition coefficient (Wildman–Crippen LogP) is 2.86. The number of ether oxygens (including phenoxy) is 1. The molecule has 1 heterocycles. The van der Waals surface area contributed by atoms with Crippen LogP contribution in [-0.4, -0.2) is 29.6 Å². The molecule has 0 amide bonds. The van der Waals surface area contributed by atoms with Crippen LogP contribution in [0.4, 0.5) is 26.3 Å². The topological polar surface area (TPSA) is 42.4 Å². The van der Waals surface area contributed by atoms with Crippen molar-refractivity contribution in [3.8, 4) is 5.75 Å². The molecule has 0 saturated heterocycles. The van der Waals surface area contributed by atoms with Crippen molar-refractivity contribution in [2.75, 3.05) is 7.11 Å². The van der Waals surface area contributed by atoms with Gasteiger partial charge in [-0.1, -0.05) is 0 Å². The van der Waals surface area contributed by atoms with Gasteiger partial charge in [0.15, 0.2) is 5.92 Å². The Hall–Kier alpha value is -1.51. The Bertz CT molecular complexity index is 417. The van der Waals surface area contributed by atoms with Crippen LogP contribution < -0.4 is 4.74 Å². The Morgan fingerprint density at radius 3 is 2.11 bits per heavy atom. The molecule has 1 rings (SSSR count). The van der Waals surface area contributed by atoms with Crippen LogP contribution in [0, 0.1) is 5.92 Å². The average Bonchev–Trinajstić information content (AvgIpc) is 2.24. The zero-order chi connectivity index (χ0) is 14.8. The van der Waals surface area contributed by atoms with Gasteiger partial charge < -0.3 is 9.84 Å². The standard InChI is InChI=1S/C10H9F6NO2/c1-19-5-3-2-4-17-6(5)7(18)8(9(11,12)13)10(14,15)16/h2-4,7-8,18H,1H3. The van der Waals surface area contributed by atoms with Gasteiger partial charge in [-0.3, -0.25) is 4.98 Å².